The first-order valence-electron chi connectivity index (χ1n) is 3.55. The number of nitriles is 1. The first-order chi connectivity index (χ1) is 5.34. The quantitative estimate of drug-likeness (QED) is 0.705. The minimum atomic E-state index is 0.571. The number of hydrogen-bond donors (Lipinski definition) is 1. The van der Waals surface area contributed by atoms with E-state index in [1.807, 2.05) is 30.4 Å². The van der Waals surface area contributed by atoms with Gasteiger partial charge in [0, 0.05) is 26.0 Å². The zero-order valence-corrected chi connectivity index (χ0v) is 6.54. The Morgan fingerprint density at radius 2 is 2.55 bits per heavy atom. The number of nitrogens with one attached hydrogen (secondary N) is 1. The standard InChI is InChI=1S/C8H11N3/c1-11(6-2-4-9)8-3-5-10-7-8/h3,5,7,10H,2,6H2,1H3. The molecule has 3 nitrogen and oxygen atoms in total. The van der Waals surface area contributed by atoms with Gasteiger partial charge in [-0.25, -0.2) is 0 Å². The van der Waals surface area contributed by atoms with Crippen molar-refractivity contribution < 1.29 is 0 Å². The van der Waals surface area contributed by atoms with Crippen LogP contribution >= 0.6 is 0 Å². The molecule has 0 aliphatic carbocycles. The van der Waals surface area contributed by atoms with Crippen LogP contribution in [0.25, 0.3) is 0 Å². The van der Waals surface area contributed by atoms with E-state index in [9.17, 15) is 0 Å². The fourth-order valence-corrected chi connectivity index (χ4v) is 0.899. The Hall–Kier alpha value is -1.43. The summed E-state index contributed by atoms with van der Waals surface area (Å²) in [6.07, 6.45) is 4.36. The molecule has 0 aromatic carbocycles. The average Bonchev–Trinajstić information content (AvgIpc) is 2.52. The Morgan fingerprint density at radius 3 is 3.09 bits per heavy atom. The molecule has 1 aromatic rings. The molecule has 0 saturated carbocycles. The van der Waals surface area contributed by atoms with Gasteiger partial charge >= 0.3 is 0 Å². The molecular formula is C8H11N3. The lowest BCUT2D eigenvalue weighted by Gasteiger charge is -2.14. The lowest BCUT2D eigenvalue weighted by atomic mass is 10.4. The van der Waals surface area contributed by atoms with Gasteiger partial charge in [-0.3, -0.25) is 0 Å². The number of nitrogens with zero attached hydrogens (tertiary/aromatic N) is 2. The lowest BCUT2D eigenvalue weighted by molar-refractivity contribution is 0.906. The molecule has 0 bridgehead atoms. The van der Waals surface area contributed by atoms with Crippen LogP contribution in [-0.4, -0.2) is 18.6 Å². The molecule has 1 N–H and O–H groups in total. The Labute approximate surface area is 66.3 Å². The van der Waals surface area contributed by atoms with Gasteiger partial charge < -0.3 is 9.88 Å². The molecule has 0 aliphatic heterocycles. The van der Waals surface area contributed by atoms with Crippen molar-refractivity contribution in [1.82, 2.24) is 4.98 Å². The van der Waals surface area contributed by atoms with Gasteiger partial charge in [-0.05, 0) is 6.07 Å². The largest absolute Gasteiger partial charge is 0.372 e. The molecule has 11 heavy (non-hydrogen) atoms. The van der Waals surface area contributed by atoms with Crippen LogP contribution in [0.1, 0.15) is 6.42 Å². The number of aromatic amines is 1. The Kier molecular flexibility index (Phi) is 2.56. The normalized spacial score (nSPS) is 9.09. The molecule has 0 unspecified atom stereocenters. The van der Waals surface area contributed by atoms with Gasteiger partial charge in [-0.1, -0.05) is 0 Å². The topological polar surface area (TPSA) is 42.8 Å². The SMILES string of the molecule is CN(CCC#N)c1cc[nH]c1. The van der Waals surface area contributed by atoms with Crippen molar-refractivity contribution in [3.05, 3.63) is 18.5 Å². The van der Waals surface area contributed by atoms with E-state index in [4.69, 9.17) is 5.26 Å². The van der Waals surface area contributed by atoms with Crippen molar-refractivity contribution >= 4 is 5.69 Å². The zero-order valence-electron chi connectivity index (χ0n) is 6.54. The van der Waals surface area contributed by atoms with E-state index < -0.39 is 0 Å². The zero-order chi connectivity index (χ0) is 8.10. The van der Waals surface area contributed by atoms with E-state index in [2.05, 4.69) is 11.1 Å². The van der Waals surface area contributed by atoms with E-state index in [1.165, 1.54) is 0 Å². The second-order valence-corrected chi connectivity index (χ2v) is 2.40. The van der Waals surface area contributed by atoms with Gasteiger partial charge in [0.1, 0.15) is 0 Å². The van der Waals surface area contributed by atoms with Crippen LogP contribution in [0.2, 0.25) is 0 Å². The molecular weight excluding hydrogens is 138 g/mol. The third-order valence-corrected chi connectivity index (χ3v) is 1.58. The molecule has 0 saturated heterocycles. The number of aromatic nitrogens is 1. The second-order valence-electron chi connectivity index (χ2n) is 2.40. The summed E-state index contributed by atoms with van der Waals surface area (Å²) in [6.45, 7) is 0.786. The van der Waals surface area contributed by atoms with Gasteiger partial charge in [0.05, 0.1) is 18.2 Å². The van der Waals surface area contributed by atoms with Crippen molar-refractivity contribution in [1.29, 1.82) is 5.26 Å². The lowest BCUT2D eigenvalue weighted by Crippen LogP contribution is -2.17. The van der Waals surface area contributed by atoms with Crippen molar-refractivity contribution in [3.63, 3.8) is 0 Å². The van der Waals surface area contributed by atoms with Crippen LogP contribution in [0.3, 0.4) is 0 Å². The second kappa shape index (κ2) is 3.67. The summed E-state index contributed by atoms with van der Waals surface area (Å²) in [5.74, 6) is 0. The molecule has 1 rings (SSSR count). The van der Waals surface area contributed by atoms with E-state index in [-0.39, 0.29) is 0 Å². The predicted molar refractivity (Wildman–Crippen MR) is 44.3 cm³/mol. The molecule has 0 spiro atoms. The van der Waals surface area contributed by atoms with Crippen molar-refractivity contribution in [3.8, 4) is 6.07 Å². The fraction of sp³-hybridized carbons (Fsp3) is 0.375. The first kappa shape index (κ1) is 7.67. The molecule has 58 valence electrons. The average molecular weight is 149 g/mol. The predicted octanol–water partition coefficient (Wildman–Crippen LogP) is 1.36. The Morgan fingerprint density at radius 1 is 1.73 bits per heavy atom. The first-order valence-corrected chi connectivity index (χ1v) is 3.55. The minimum absolute atomic E-state index is 0.571. The molecule has 0 fully saturated rings. The summed E-state index contributed by atoms with van der Waals surface area (Å²) in [4.78, 5) is 5.00. The number of rotatable bonds is 3. The number of anilines is 1. The van der Waals surface area contributed by atoms with Crippen LogP contribution in [-0.2, 0) is 0 Å². The summed E-state index contributed by atoms with van der Waals surface area (Å²) >= 11 is 0. The highest BCUT2D eigenvalue weighted by atomic mass is 15.1. The molecule has 1 aromatic heterocycles. The van der Waals surface area contributed by atoms with Crippen LogP contribution < -0.4 is 4.90 Å². The van der Waals surface area contributed by atoms with Crippen molar-refractivity contribution in [2.24, 2.45) is 0 Å². The monoisotopic (exact) mass is 149 g/mol. The van der Waals surface area contributed by atoms with Crippen LogP contribution in [0.4, 0.5) is 5.69 Å². The highest BCUT2D eigenvalue weighted by Gasteiger charge is 1.98. The molecule has 0 aliphatic rings. The molecule has 1 heterocycles. The van der Waals surface area contributed by atoms with Gasteiger partial charge in [-0.15, -0.1) is 0 Å². The van der Waals surface area contributed by atoms with Crippen LogP contribution in [0.15, 0.2) is 18.5 Å². The van der Waals surface area contributed by atoms with Gasteiger partial charge in [0.2, 0.25) is 0 Å². The number of H-pyrrole nitrogens is 1. The van der Waals surface area contributed by atoms with E-state index in [1.54, 1.807) is 0 Å². The van der Waals surface area contributed by atoms with Crippen LogP contribution in [0, 0.1) is 11.3 Å². The molecule has 0 atom stereocenters. The maximum atomic E-state index is 8.33. The third kappa shape index (κ3) is 2.01. The van der Waals surface area contributed by atoms with Crippen molar-refractivity contribution in [2.45, 2.75) is 6.42 Å². The highest BCUT2D eigenvalue weighted by Crippen LogP contribution is 2.09. The van der Waals surface area contributed by atoms with E-state index in [0.29, 0.717) is 6.42 Å². The summed E-state index contributed by atoms with van der Waals surface area (Å²) in [7, 11) is 1.97. The summed E-state index contributed by atoms with van der Waals surface area (Å²) in [5, 5.41) is 8.33. The van der Waals surface area contributed by atoms with Crippen LogP contribution in [0.5, 0.6) is 0 Å². The smallest absolute Gasteiger partial charge is 0.0640 e. The molecule has 3 heteroatoms. The maximum Gasteiger partial charge on any atom is 0.0640 e. The maximum absolute atomic E-state index is 8.33. The minimum Gasteiger partial charge on any atom is -0.372 e. The van der Waals surface area contributed by atoms with Gasteiger partial charge in [0.15, 0.2) is 0 Å². The fourth-order valence-electron chi connectivity index (χ4n) is 0.899. The van der Waals surface area contributed by atoms with E-state index in [0.717, 1.165) is 12.2 Å². The third-order valence-electron chi connectivity index (χ3n) is 1.58. The number of hydrogen-bond acceptors (Lipinski definition) is 2. The summed E-state index contributed by atoms with van der Waals surface area (Å²) in [6, 6.07) is 4.09. The summed E-state index contributed by atoms with van der Waals surface area (Å²) < 4.78 is 0. The van der Waals surface area contributed by atoms with E-state index >= 15 is 0 Å². The Bertz CT molecular complexity index is 232. The van der Waals surface area contributed by atoms with Gasteiger partial charge in [0.25, 0.3) is 0 Å². The van der Waals surface area contributed by atoms with Crippen molar-refractivity contribution in [2.75, 3.05) is 18.5 Å². The molecule has 0 amide bonds. The van der Waals surface area contributed by atoms with Gasteiger partial charge in [-0.2, -0.15) is 5.26 Å². The Balaban J connectivity index is 2.44. The molecule has 0 radical (unpaired) electrons. The summed E-state index contributed by atoms with van der Waals surface area (Å²) in [5.41, 5.74) is 1.13. The highest BCUT2D eigenvalue weighted by molar-refractivity contribution is 5.42.